The summed E-state index contributed by atoms with van der Waals surface area (Å²) in [5.74, 6) is 0.594. The van der Waals surface area contributed by atoms with Gasteiger partial charge >= 0.3 is 0 Å². The van der Waals surface area contributed by atoms with Gasteiger partial charge in [-0.25, -0.2) is 10.1 Å². The highest BCUT2D eigenvalue weighted by molar-refractivity contribution is 7.18. The van der Waals surface area contributed by atoms with Gasteiger partial charge in [-0.1, -0.05) is 46.5 Å². The molecule has 2 aromatic carbocycles. The first-order valence-corrected chi connectivity index (χ1v) is 9.23. The molecule has 0 saturated carbocycles. The minimum Gasteiger partial charge on any atom is -0.237 e. The summed E-state index contributed by atoms with van der Waals surface area (Å²) in [5.41, 5.74) is 8.19. The summed E-state index contributed by atoms with van der Waals surface area (Å²) in [4.78, 5) is 6.02. The molecule has 6 heteroatoms. The van der Waals surface area contributed by atoms with Gasteiger partial charge in [0.2, 0.25) is 5.82 Å². The summed E-state index contributed by atoms with van der Waals surface area (Å²) in [6.45, 7) is 8.46. The molecule has 0 unspecified atom stereocenters. The average Bonchev–Trinajstić information content (AvgIpc) is 3.22. The van der Waals surface area contributed by atoms with Gasteiger partial charge in [0.15, 0.2) is 5.01 Å². The summed E-state index contributed by atoms with van der Waals surface area (Å²) in [6.07, 6.45) is 0. The van der Waals surface area contributed by atoms with Crippen LogP contribution in [0, 0.1) is 27.7 Å². The Bertz CT molecular complexity index is 970. The molecular formula is C20H19N5S. The summed E-state index contributed by atoms with van der Waals surface area (Å²) in [7, 11) is 0. The van der Waals surface area contributed by atoms with E-state index in [2.05, 4.69) is 84.7 Å². The summed E-state index contributed by atoms with van der Waals surface area (Å²) in [5, 5.41) is 15.0. The fourth-order valence-corrected chi connectivity index (χ4v) is 4.29. The molecule has 0 spiro atoms. The predicted octanol–water partition coefficient (Wildman–Crippen LogP) is 4.89. The second-order valence-electron chi connectivity index (χ2n) is 6.70. The fraction of sp³-hybridized carbons (Fsp3) is 0.200. The fourth-order valence-electron chi connectivity index (χ4n) is 3.28. The van der Waals surface area contributed by atoms with E-state index in [4.69, 9.17) is 4.98 Å². The molecule has 5 nitrogen and oxygen atoms in total. The molecule has 4 rings (SSSR count). The van der Waals surface area contributed by atoms with Crippen LogP contribution in [-0.4, -0.2) is 25.6 Å². The number of benzene rings is 2. The number of aromatic amines is 1. The Hall–Kier alpha value is -2.86. The van der Waals surface area contributed by atoms with E-state index in [-0.39, 0.29) is 0 Å². The number of nitrogens with one attached hydrogen (secondary N) is 1. The first-order chi connectivity index (χ1) is 12.5. The number of hydrogen-bond donors (Lipinski definition) is 1. The number of thiazole rings is 1. The Morgan fingerprint density at radius 2 is 1.35 bits per heavy atom. The van der Waals surface area contributed by atoms with Gasteiger partial charge in [-0.2, -0.15) is 0 Å². The van der Waals surface area contributed by atoms with Crippen molar-refractivity contribution in [1.29, 1.82) is 0 Å². The molecule has 0 aliphatic carbocycles. The lowest BCUT2D eigenvalue weighted by atomic mass is 10.0. The zero-order valence-electron chi connectivity index (χ0n) is 15.2. The van der Waals surface area contributed by atoms with Crippen LogP contribution in [0.3, 0.4) is 0 Å². The van der Waals surface area contributed by atoms with Crippen molar-refractivity contribution in [2.45, 2.75) is 27.7 Å². The van der Waals surface area contributed by atoms with Crippen LogP contribution in [0.4, 0.5) is 0 Å². The van der Waals surface area contributed by atoms with Crippen molar-refractivity contribution in [1.82, 2.24) is 25.6 Å². The van der Waals surface area contributed by atoms with Crippen molar-refractivity contribution < 1.29 is 0 Å². The molecule has 0 aliphatic heterocycles. The number of tetrazole rings is 1. The number of hydrogen-bond acceptors (Lipinski definition) is 5. The Morgan fingerprint density at radius 3 is 1.88 bits per heavy atom. The molecule has 0 amide bonds. The van der Waals surface area contributed by atoms with Crippen LogP contribution in [-0.2, 0) is 0 Å². The highest BCUT2D eigenvalue weighted by Crippen LogP contribution is 2.40. The van der Waals surface area contributed by atoms with E-state index in [9.17, 15) is 0 Å². The third-order valence-electron chi connectivity index (χ3n) is 4.15. The van der Waals surface area contributed by atoms with Crippen molar-refractivity contribution in [3.63, 3.8) is 0 Å². The second kappa shape index (κ2) is 6.46. The maximum absolute atomic E-state index is 4.89. The van der Waals surface area contributed by atoms with Crippen LogP contribution >= 0.6 is 11.3 Å². The van der Waals surface area contributed by atoms with Gasteiger partial charge in [-0.05, 0) is 55.8 Å². The first-order valence-electron chi connectivity index (χ1n) is 8.42. The monoisotopic (exact) mass is 361 g/mol. The molecule has 2 heterocycles. The van der Waals surface area contributed by atoms with Gasteiger partial charge in [0.25, 0.3) is 0 Å². The summed E-state index contributed by atoms with van der Waals surface area (Å²) in [6, 6.07) is 13.1. The average molecular weight is 361 g/mol. The van der Waals surface area contributed by atoms with Gasteiger partial charge in [0.1, 0.15) is 0 Å². The standard InChI is InChI=1S/C20H19N5S/c1-11-5-12(2)8-15(7-11)17-18(16-9-13(3)6-14(4)10-16)26-20(21-17)19-22-24-25-23-19/h5-10H,1-4H3,(H,22,23,24,25). The molecule has 0 saturated heterocycles. The minimum absolute atomic E-state index is 0.594. The number of rotatable bonds is 3. The number of aryl methyl sites for hydroxylation is 4. The molecule has 26 heavy (non-hydrogen) atoms. The maximum atomic E-state index is 4.89. The van der Waals surface area contributed by atoms with Crippen LogP contribution in [0.5, 0.6) is 0 Å². The van der Waals surface area contributed by atoms with Crippen molar-refractivity contribution in [3.8, 4) is 32.5 Å². The van der Waals surface area contributed by atoms with Crippen molar-refractivity contribution in [3.05, 3.63) is 58.7 Å². The van der Waals surface area contributed by atoms with Gasteiger partial charge in [0, 0.05) is 5.56 Å². The highest BCUT2D eigenvalue weighted by Gasteiger charge is 2.18. The largest absolute Gasteiger partial charge is 0.237 e. The Labute approximate surface area is 156 Å². The van der Waals surface area contributed by atoms with E-state index in [1.807, 2.05) is 0 Å². The molecule has 130 valence electrons. The van der Waals surface area contributed by atoms with Crippen LogP contribution in [0.1, 0.15) is 22.3 Å². The quantitative estimate of drug-likeness (QED) is 0.564. The molecule has 0 aliphatic rings. The van der Waals surface area contributed by atoms with Gasteiger partial charge in [-0.15, -0.1) is 16.4 Å². The lowest BCUT2D eigenvalue weighted by Crippen LogP contribution is -1.87. The number of nitrogens with zero attached hydrogens (tertiary/aromatic N) is 4. The first kappa shape index (κ1) is 16.6. The van der Waals surface area contributed by atoms with E-state index >= 15 is 0 Å². The van der Waals surface area contributed by atoms with Crippen molar-refractivity contribution in [2.75, 3.05) is 0 Å². The lowest BCUT2D eigenvalue weighted by molar-refractivity contribution is 0.881. The van der Waals surface area contributed by atoms with E-state index in [1.54, 1.807) is 11.3 Å². The van der Waals surface area contributed by atoms with E-state index < -0.39 is 0 Å². The molecule has 2 aromatic heterocycles. The third kappa shape index (κ3) is 3.15. The Balaban J connectivity index is 1.96. The summed E-state index contributed by atoms with van der Waals surface area (Å²) < 4.78 is 0. The van der Waals surface area contributed by atoms with E-state index in [0.29, 0.717) is 5.82 Å². The smallest absolute Gasteiger partial charge is 0.208 e. The normalized spacial score (nSPS) is 11.1. The van der Waals surface area contributed by atoms with Gasteiger partial charge < -0.3 is 0 Å². The molecule has 0 atom stereocenters. The second-order valence-corrected chi connectivity index (χ2v) is 7.70. The molecule has 0 fully saturated rings. The van der Waals surface area contributed by atoms with Crippen LogP contribution in [0.15, 0.2) is 36.4 Å². The van der Waals surface area contributed by atoms with E-state index in [0.717, 1.165) is 21.1 Å². The molecule has 0 bridgehead atoms. The Kier molecular flexibility index (Phi) is 4.12. The highest BCUT2D eigenvalue weighted by atomic mass is 32.1. The topological polar surface area (TPSA) is 67.3 Å². The molecule has 1 N–H and O–H groups in total. The molecular weight excluding hydrogens is 342 g/mol. The van der Waals surface area contributed by atoms with Crippen LogP contribution in [0.25, 0.3) is 32.5 Å². The SMILES string of the molecule is Cc1cc(C)cc(-c2nc(-c3nnn[nH]3)sc2-c2cc(C)cc(C)c2)c1. The zero-order valence-corrected chi connectivity index (χ0v) is 16.0. The van der Waals surface area contributed by atoms with Gasteiger partial charge in [-0.3, -0.25) is 0 Å². The van der Waals surface area contributed by atoms with Crippen LogP contribution < -0.4 is 0 Å². The number of H-pyrrole nitrogens is 1. The maximum Gasteiger partial charge on any atom is 0.208 e. The minimum atomic E-state index is 0.594. The van der Waals surface area contributed by atoms with Crippen molar-refractivity contribution in [2.24, 2.45) is 0 Å². The van der Waals surface area contributed by atoms with Gasteiger partial charge in [0.05, 0.1) is 10.6 Å². The Morgan fingerprint density at radius 1 is 0.769 bits per heavy atom. The van der Waals surface area contributed by atoms with Crippen LogP contribution in [0.2, 0.25) is 0 Å². The predicted molar refractivity (Wildman–Crippen MR) is 105 cm³/mol. The molecule has 0 radical (unpaired) electrons. The number of aromatic nitrogens is 5. The zero-order chi connectivity index (χ0) is 18.3. The third-order valence-corrected chi connectivity index (χ3v) is 5.27. The van der Waals surface area contributed by atoms with E-state index in [1.165, 1.54) is 27.8 Å². The summed E-state index contributed by atoms with van der Waals surface area (Å²) >= 11 is 1.61. The lowest BCUT2D eigenvalue weighted by Gasteiger charge is -2.07. The molecule has 4 aromatic rings. The van der Waals surface area contributed by atoms with Crippen molar-refractivity contribution >= 4 is 11.3 Å².